The van der Waals surface area contributed by atoms with Crippen molar-refractivity contribution < 1.29 is 19.0 Å². The number of nitrogens with one attached hydrogen (secondary N) is 3. The van der Waals surface area contributed by atoms with Crippen LogP contribution in [0.1, 0.15) is 18.4 Å². The average molecular weight is 567 g/mol. The highest BCUT2D eigenvalue weighted by Gasteiger charge is 2.16. The summed E-state index contributed by atoms with van der Waals surface area (Å²) in [7, 11) is 3.14. The molecule has 1 atom stereocenters. The molecule has 1 aliphatic heterocycles. The van der Waals surface area contributed by atoms with Crippen molar-refractivity contribution in [3.8, 4) is 23.0 Å². The van der Waals surface area contributed by atoms with Crippen LogP contribution in [0.2, 0.25) is 0 Å². The molecule has 1 fully saturated rings. The van der Waals surface area contributed by atoms with E-state index in [4.69, 9.17) is 14.2 Å². The number of anilines is 3. The molecule has 4 heterocycles. The molecule has 3 N–H and O–H groups in total. The van der Waals surface area contributed by atoms with Gasteiger partial charge in [0.05, 0.1) is 31.1 Å². The van der Waals surface area contributed by atoms with E-state index in [9.17, 15) is 4.79 Å². The van der Waals surface area contributed by atoms with Crippen LogP contribution in [0.25, 0.3) is 16.6 Å². The maximum absolute atomic E-state index is 12.7. The minimum Gasteiger partial charge on any atom is -0.494 e. The van der Waals surface area contributed by atoms with Crippen LogP contribution in [0, 0.1) is 6.92 Å². The van der Waals surface area contributed by atoms with Gasteiger partial charge in [0.15, 0.2) is 5.65 Å². The molecule has 1 unspecified atom stereocenters. The Hall–Kier alpha value is -5.23. The number of aryl methyl sites for hydroxylation is 1. The molecule has 42 heavy (non-hydrogen) atoms. The van der Waals surface area contributed by atoms with E-state index in [0.29, 0.717) is 56.7 Å². The zero-order chi connectivity index (χ0) is 29.1. The molecule has 3 aromatic heterocycles. The summed E-state index contributed by atoms with van der Waals surface area (Å²) in [4.78, 5) is 25.8. The minimum absolute atomic E-state index is 0.214. The van der Waals surface area contributed by atoms with Crippen molar-refractivity contribution in [1.82, 2.24) is 29.9 Å². The molecule has 214 valence electrons. The molecule has 2 aromatic carbocycles. The highest BCUT2D eigenvalue weighted by Crippen LogP contribution is 2.38. The fourth-order valence-corrected chi connectivity index (χ4v) is 4.86. The standard InChI is InChI=1S/C30H30N8O4/c1-18-11-23(27(41-3)15-25(18)42-20-8-10-38-28(12-20)33-17-35-38)37-30-21-13-24(26(40-2)14-22(21)32-16-34-30)36-29(39)7-6-19-5-4-9-31-19/h6-8,10-17,19,31H,4-5,9H2,1-3H3,(H,36,39)(H,32,34,37). The van der Waals surface area contributed by atoms with Crippen LogP contribution < -0.4 is 30.2 Å². The van der Waals surface area contributed by atoms with Gasteiger partial charge in [0.25, 0.3) is 0 Å². The van der Waals surface area contributed by atoms with E-state index in [2.05, 4.69) is 36.0 Å². The van der Waals surface area contributed by atoms with Crippen LogP contribution >= 0.6 is 0 Å². The Labute approximate surface area is 241 Å². The van der Waals surface area contributed by atoms with Crippen molar-refractivity contribution in [2.45, 2.75) is 25.8 Å². The number of carbonyl (C=O) groups excluding carboxylic acids is 1. The van der Waals surface area contributed by atoms with Gasteiger partial charge in [-0.15, -0.1) is 0 Å². The van der Waals surface area contributed by atoms with Crippen molar-refractivity contribution in [1.29, 1.82) is 0 Å². The van der Waals surface area contributed by atoms with Gasteiger partial charge in [-0.2, -0.15) is 5.10 Å². The Balaban J connectivity index is 1.28. The number of rotatable bonds is 9. The number of hydrogen-bond donors (Lipinski definition) is 3. The number of hydrogen-bond acceptors (Lipinski definition) is 10. The molecule has 1 amide bonds. The molecule has 1 saturated heterocycles. The lowest BCUT2D eigenvalue weighted by molar-refractivity contribution is -0.111. The molecule has 0 spiro atoms. The second kappa shape index (κ2) is 11.7. The van der Waals surface area contributed by atoms with Gasteiger partial charge in [-0.1, -0.05) is 6.08 Å². The van der Waals surface area contributed by atoms with E-state index < -0.39 is 0 Å². The van der Waals surface area contributed by atoms with Gasteiger partial charge >= 0.3 is 0 Å². The summed E-state index contributed by atoms with van der Waals surface area (Å²) in [5, 5.41) is 14.5. The number of ether oxygens (including phenoxy) is 3. The number of aromatic nitrogens is 5. The third-order valence-corrected chi connectivity index (χ3v) is 7.02. The van der Waals surface area contributed by atoms with Crippen LogP contribution in [0.5, 0.6) is 23.0 Å². The second-order valence-corrected chi connectivity index (χ2v) is 9.81. The van der Waals surface area contributed by atoms with Crippen molar-refractivity contribution in [3.05, 3.63) is 73.0 Å². The molecular formula is C30H30N8O4. The predicted octanol–water partition coefficient (Wildman–Crippen LogP) is 4.78. The zero-order valence-corrected chi connectivity index (χ0v) is 23.4. The third-order valence-electron chi connectivity index (χ3n) is 7.02. The number of amides is 1. The normalized spacial score (nSPS) is 14.9. The Morgan fingerprint density at radius 1 is 1.02 bits per heavy atom. The largest absolute Gasteiger partial charge is 0.494 e. The van der Waals surface area contributed by atoms with Crippen LogP contribution in [0.15, 0.2) is 67.4 Å². The second-order valence-electron chi connectivity index (χ2n) is 9.81. The molecular weight excluding hydrogens is 536 g/mol. The molecule has 5 aromatic rings. The van der Waals surface area contributed by atoms with Crippen molar-refractivity contribution in [3.63, 3.8) is 0 Å². The van der Waals surface area contributed by atoms with Crippen LogP contribution in [0.3, 0.4) is 0 Å². The topological polar surface area (TPSA) is 137 Å². The first-order valence-corrected chi connectivity index (χ1v) is 13.5. The molecule has 0 saturated carbocycles. The molecule has 0 aliphatic carbocycles. The fourth-order valence-electron chi connectivity index (χ4n) is 4.86. The van der Waals surface area contributed by atoms with Gasteiger partial charge in [0, 0.05) is 41.9 Å². The molecule has 6 rings (SSSR count). The number of pyridine rings is 1. The summed E-state index contributed by atoms with van der Waals surface area (Å²) in [5.74, 6) is 2.59. The first kappa shape index (κ1) is 27.0. The quantitative estimate of drug-likeness (QED) is 0.214. The number of carbonyl (C=O) groups is 1. The summed E-state index contributed by atoms with van der Waals surface area (Å²) < 4.78 is 19.1. The summed E-state index contributed by atoms with van der Waals surface area (Å²) in [6.45, 7) is 2.91. The summed E-state index contributed by atoms with van der Waals surface area (Å²) in [6.07, 6.45) is 10.3. The van der Waals surface area contributed by atoms with Gasteiger partial charge in [-0.3, -0.25) is 4.79 Å². The van der Waals surface area contributed by atoms with Gasteiger partial charge in [0.1, 0.15) is 41.5 Å². The van der Waals surface area contributed by atoms with Crippen LogP contribution in [0.4, 0.5) is 17.2 Å². The number of methoxy groups -OCH3 is 2. The third kappa shape index (κ3) is 5.65. The Bertz CT molecular complexity index is 1800. The Morgan fingerprint density at radius 2 is 1.88 bits per heavy atom. The SMILES string of the molecule is COc1cc2ncnc(Nc3cc(C)c(Oc4ccn5ncnc5c4)cc3OC)c2cc1NC(=O)C=CC1CCCN1. The van der Waals surface area contributed by atoms with Crippen molar-refractivity contribution in [2.75, 3.05) is 31.4 Å². The number of benzene rings is 2. The van der Waals surface area contributed by atoms with Crippen molar-refractivity contribution in [2.24, 2.45) is 0 Å². The summed E-state index contributed by atoms with van der Waals surface area (Å²) >= 11 is 0. The minimum atomic E-state index is -0.247. The highest BCUT2D eigenvalue weighted by atomic mass is 16.5. The van der Waals surface area contributed by atoms with E-state index in [1.807, 2.05) is 37.3 Å². The summed E-state index contributed by atoms with van der Waals surface area (Å²) in [5.41, 5.74) is 3.39. The van der Waals surface area contributed by atoms with Gasteiger partial charge in [-0.25, -0.2) is 19.5 Å². The molecule has 0 bridgehead atoms. The molecule has 12 nitrogen and oxygen atoms in total. The number of fused-ring (bicyclic) bond motifs is 2. The van der Waals surface area contributed by atoms with Gasteiger partial charge in [0.2, 0.25) is 5.91 Å². The first-order chi connectivity index (χ1) is 20.5. The number of nitrogens with zero attached hydrogens (tertiary/aromatic N) is 5. The Kier molecular flexibility index (Phi) is 7.52. The lowest BCUT2D eigenvalue weighted by Crippen LogP contribution is -2.19. The van der Waals surface area contributed by atoms with E-state index in [1.54, 1.807) is 43.1 Å². The van der Waals surface area contributed by atoms with Gasteiger partial charge in [-0.05, 0) is 50.1 Å². The van der Waals surface area contributed by atoms with E-state index in [-0.39, 0.29) is 11.9 Å². The molecule has 12 heteroatoms. The fraction of sp³-hybridized carbons (Fsp3) is 0.233. The zero-order valence-electron chi connectivity index (χ0n) is 23.4. The lowest BCUT2D eigenvalue weighted by Gasteiger charge is -2.17. The Morgan fingerprint density at radius 3 is 2.69 bits per heavy atom. The smallest absolute Gasteiger partial charge is 0.248 e. The summed E-state index contributed by atoms with van der Waals surface area (Å²) in [6, 6.07) is 11.1. The van der Waals surface area contributed by atoms with Crippen LogP contribution in [-0.4, -0.2) is 57.3 Å². The van der Waals surface area contributed by atoms with Gasteiger partial charge < -0.3 is 30.2 Å². The van der Waals surface area contributed by atoms with E-state index in [1.165, 1.54) is 12.7 Å². The monoisotopic (exact) mass is 566 g/mol. The average Bonchev–Trinajstić information content (AvgIpc) is 3.69. The molecule has 0 radical (unpaired) electrons. The predicted molar refractivity (Wildman–Crippen MR) is 159 cm³/mol. The van der Waals surface area contributed by atoms with E-state index in [0.717, 1.165) is 24.9 Å². The van der Waals surface area contributed by atoms with Crippen LogP contribution in [-0.2, 0) is 4.79 Å². The maximum atomic E-state index is 12.7. The molecule has 1 aliphatic rings. The van der Waals surface area contributed by atoms with Crippen molar-refractivity contribution >= 4 is 39.6 Å². The van der Waals surface area contributed by atoms with E-state index >= 15 is 0 Å². The lowest BCUT2D eigenvalue weighted by atomic mass is 10.1. The maximum Gasteiger partial charge on any atom is 0.248 e. The highest BCUT2D eigenvalue weighted by molar-refractivity contribution is 6.03. The first-order valence-electron chi connectivity index (χ1n) is 13.5.